The Morgan fingerprint density at radius 3 is 2.33 bits per heavy atom. The fourth-order valence-corrected chi connectivity index (χ4v) is 2.30. The molecule has 0 radical (unpaired) electrons. The van der Waals surface area contributed by atoms with E-state index in [9.17, 15) is 4.79 Å². The number of furan rings is 1. The second kappa shape index (κ2) is 4.98. The quantitative estimate of drug-likeness (QED) is 0.842. The monoisotopic (exact) mass is 307 g/mol. The van der Waals surface area contributed by atoms with Crippen molar-refractivity contribution in [2.75, 3.05) is 11.9 Å². The number of carbonyl (C=O) groups excluding carboxylic acids is 1. The van der Waals surface area contributed by atoms with E-state index < -0.39 is 0 Å². The average Bonchev–Trinajstić information content (AvgIpc) is 2.72. The van der Waals surface area contributed by atoms with Gasteiger partial charge in [-0.3, -0.25) is 4.79 Å². The van der Waals surface area contributed by atoms with Gasteiger partial charge in [-0.05, 0) is 59.1 Å². The zero-order chi connectivity index (χ0) is 13.3. The first-order valence-electron chi connectivity index (χ1n) is 5.58. The summed E-state index contributed by atoms with van der Waals surface area (Å²) < 4.78 is 5.55. The number of hydrogen-bond donors (Lipinski definition) is 0. The van der Waals surface area contributed by atoms with Crippen LogP contribution in [0, 0.1) is 13.8 Å². The standard InChI is InChI=1S/C14H14BrNO2/c1-9-6-10(2)8-11(7-9)16(3)14(17)12-4-5-18-13(12)15/h4-8H,1-3H3. The summed E-state index contributed by atoms with van der Waals surface area (Å²) in [6, 6.07) is 7.71. The fourth-order valence-electron chi connectivity index (χ4n) is 1.89. The summed E-state index contributed by atoms with van der Waals surface area (Å²) in [5.74, 6) is -0.0966. The number of aryl methyl sites for hydroxylation is 2. The molecule has 94 valence electrons. The third-order valence-electron chi connectivity index (χ3n) is 2.75. The molecule has 0 fully saturated rings. The van der Waals surface area contributed by atoms with E-state index >= 15 is 0 Å². The van der Waals surface area contributed by atoms with Crippen LogP contribution >= 0.6 is 15.9 Å². The second-order valence-corrected chi connectivity index (χ2v) is 5.04. The second-order valence-electron chi connectivity index (χ2n) is 4.32. The van der Waals surface area contributed by atoms with E-state index in [2.05, 4.69) is 22.0 Å². The van der Waals surface area contributed by atoms with Gasteiger partial charge < -0.3 is 9.32 Å². The Bertz CT molecular complexity index is 569. The van der Waals surface area contributed by atoms with Crippen LogP contribution in [0.15, 0.2) is 39.6 Å². The Kier molecular flexibility index (Phi) is 3.57. The largest absolute Gasteiger partial charge is 0.457 e. The molecule has 1 aromatic carbocycles. The van der Waals surface area contributed by atoms with Crippen molar-refractivity contribution < 1.29 is 9.21 Å². The van der Waals surface area contributed by atoms with Crippen molar-refractivity contribution in [2.45, 2.75) is 13.8 Å². The summed E-state index contributed by atoms with van der Waals surface area (Å²) in [5.41, 5.74) is 3.68. The van der Waals surface area contributed by atoms with E-state index in [0.29, 0.717) is 10.2 Å². The van der Waals surface area contributed by atoms with Gasteiger partial charge in [-0.2, -0.15) is 0 Å². The molecule has 1 aromatic heterocycles. The molecule has 4 heteroatoms. The minimum atomic E-state index is -0.0966. The molecule has 0 N–H and O–H groups in total. The SMILES string of the molecule is Cc1cc(C)cc(N(C)C(=O)c2ccoc2Br)c1. The average molecular weight is 308 g/mol. The number of hydrogen-bond acceptors (Lipinski definition) is 2. The molecule has 2 aromatic rings. The Morgan fingerprint density at radius 2 is 1.83 bits per heavy atom. The van der Waals surface area contributed by atoms with Crippen LogP contribution in [0.4, 0.5) is 5.69 Å². The number of amides is 1. The van der Waals surface area contributed by atoms with E-state index in [-0.39, 0.29) is 5.91 Å². The minimum Gasteiger partial charge on any atom is -0.457 e. The molecule has 0 atom stereocenters. The third-order valence-corrected chi connectivity index (χ3v) is 3.36. The molecule has 0 bridgehead atoms. The highest BCUT2D eigenvalue weighted by molar-refractivity contribution is 9.10. The maximum absolute atomic E-state index is 12.3. The molecule has 0 aliphatic rings. The van der Waals surface area contributed by atoms with Gasteiger partial charge in [0.2, 0.25) is 0 Å². The van der Waals surface area contributed by atoms with Gasteiger partial charge in [0, 0.05) is 12.7 Å². The summed E-state index contributed by atoms with van der Waals surface area (Å²) in [6.07, 6.45) is 1.49. The van der Waals surface area contributed by atoms with Gasteiger partial charge in [-0.25, -0.2) is 0 Å². The van der Waals surface area contributed by atoms with E-state index in [1.54, 1.807) is 18.0 Å². The molecule has 0 aliphatic heterocycles. The van der Waals surface area contributed by atoms with Crippen molar-refractivity contribution >= 4 is 27.5 Å². The van der Waals surface area contributed by atoms with Gasteiger partial charge in [-0.1, -0.05) is 6.07 Å². The van der Waals surface area contributed by atoms with Crippen LogP contribution in [0.5, 0.6) is 0 Å². The maximum atomic E-state index is 12.3. The van der Waals surface area contributed by atoms with Crippen LogP contribution in [0.1, 0.15) is 21.5 Å². The molecule has 0 saturated heterocycles. The smallest absolute Gasteiger partial charge is 0.262 e. The third kappa shape index (κ3) is 2.48. The Labute approximate surface area is 115 Å². The first-order valence-corrected chi connectivity index (χ1v) is 6.37. The molecule has 0 aliphatic carbocycles. The maximum Gasteiger partial charge on any atom is 0.262 e. The Morgan fingerprint density at radius 1 is 1.22 bits per heavy atom. The molecule has 0 spiro atoms. The van der Waals surface area contributed by atoms with Gasteiger partial charge in [0.1, 0.15) is 0 Å². The van der Waals surface area contributed by atoms with Crippen molar-refractivity contribution in [2.24, 2.45) is 0 Å². The van der Waals surface area contributed by atoms with Crippen molar-refractivity contribution in [3.05, 3.63) is 51.9 Å². The lowest BCUT2D eigenvalue weighted by molar-refractivity contribution is 0.0991. The highest BCUT2D eigenvalue weighted by Gasteiger charge is 2.18. The highest BCUT2D eigenvalue weighted by atomic mass is 79.9. The van der Waals surface area contributed by atoms with Crippen LogP contribution in [0.2, 0.25) is 0 Å². The first kappa shape index (κ1) is 12.9. The molecule has 3 nitrogen and oxygen atoms in total. The highest BCUT2D eigenvalue weighted by Crippen LogP contribution is 2.23. The van der Waals surface area contributed by atoms with Crippen LogP contribution in [0.25, 0.3) is 0 Å². The lowest BCUT2D eigenvalue weighted by Gasteiger charge is -2.18. The van der Waals surface area contributed by atoms with Gasteiger partial charge in [-0.15, -0.1) is 0 Å². The van der Waals surface area contributed by atoms with Crippen LogP contribution in [-0.2, 0) is 0 Å². The molecule has 0 unspecified atom stereocenters. The topological polar surface area (TPSA) is 33.5 Å². The zero-order valence-electron chi connectivity index (χ0n) is 10.5. The van der Waals surface area contributed by atoms with Gasteiger partial charge in [0.25, 0.3) is 5.91 Å². The summed E-state index contributed by atoms with van der Waals surface area (Å²) in [4.78, 5) is 13.9. The predicted octanol–water partition coefficient (Wildman–Crippen LogP) is 3.94. The van der Waals surface area contributed by atoms with Crippen molar-refractivity contribution in [3.8, 4) is 0 Å². The lowest BCUT2D eigenvalue weighted by atomic mass is 10.1. The lowest BCUT2D eigenvalue weighted by Crippen LogP contribution is -2.26. The molecule has 1 amide bonds. The number of benzene rings is 1. The van der Waals surface area contributed by atoms with Gasteiger partial charge >= 0.3 is 0 Å². The predicted molar refractivity (Wildman–Crippen MR) is 75.1 cm³/mol. The molecular weight excluding hydrogens is 294 g/mol. The first-order chi connectivity index (χ1) is 8.49. The van der Waals surface area contributed by atoms with Crippen LogP contribution in [-0.4, -0.2) is 13.0 Å². The van der Waals surface area contributed by atoms with Crippen LogP contribution < -0.4 is 4.90 Å². The van der Waals surface area contributed by atoms with Crippen molar-refractivity contribution in [3.63, 3.8) is 0 Å². The van der Waals surface area contributed by atoms with E-state index in [1.165, 1.54) is 6.26 Å². The molecular formula is C14H14BrNO2. The number of rotatable bonds is 2. The van der Waals surface area contributed by atoms with Crippen molar-refractivity contribution in [1.29, 1.82) is 0 Å². The van der Waals surface area contributed by atoms with Gasteiger partial charge in [0.05, 0.1) is 11.8 Å². The molecule has 2 rings (SSSR count). The summed E-state index contributed by atoms with van der Waals surface area (Å²) >= 11 is 3.22. The van der Waals surface area contributed by atoms with Gasteiger partial charge in [0.15, 0.2) is 4.67 Å². The molecule has 18 heavy (non-hydrogen) atoms. The number of carbonyl (C=O) groups is 1. The minimum absolute atomic E-state index is 0.0966. The summed E-state index contributed by atoms with van der Waals surface area (Å²) in [7, 11) is 1.76. The normalized spacial score (nSPS) is 10.4. The van der Waals surface area contributed by atoms with E-state index in [4.69, 9.17) is 4.42 Å². The van der Waals surface area contributed by atoms with Crippen molar-refractivity contribution in [1.82, 2.24) is 0 Å². The summed E-state index contributed by atoms with van der Waals surface area (Å²) in [6.45, 7) is 4.03. The number of anilines is 1. The number of halogens is 1. The van der Waals surface area contributed by atoms with Crippen LogP contribution in [0.3, 0.4) is 0 Å². The fraction of sp³-hybridized carbons (Fsp3) is 0.214. The zero-order valence-corrected chi connectivity index (χ0v) is 12.1. The van der Waals surface area contributed by atoms with E-state index in [1.807, 2.05) is 26.0 Å². The molecule has 1 heterocycles. The Balaban J connectivity index is 2.34. The number of nitrogens with zero attached hydrogens (tertiary/aromatic N) is 1. The summed E-state index contributed by atoms with van der Waals surface area (Å²) in [5, 5.41) is 0. The van der Waals surface area contributed by atoms with E-state index in [0.717, 1.165) is 16.8 Å². The molecule has 0 saturated carbocycles. The Hall–Kier alpha value is -1.55.